The normalized spacial score (nSPS) is 35.5. The number of hydrogen-bond donors (Lipinski definition) is 1. The Labute approximate surface area is 136 Å². The van der Waals surface area contributed by atoms with E-state index in [-0.39, 0.29) is 17.7 Å². The van der Waals surface area contributed by atoms with Crippen LogP contribution in [0.25, 0.3) is 0 Å². The van der Waals surface area contributed by atoms with Crippen molar-refractivity contribution < 1.29 is 23.9 Å². The number of methoxy groups -OCH3 is 2. The summed E-state index contributed by atoms with van der Waals surface area (Å²) in [7, 11) is 2.51. The smallest absolute Gasteiger partial charge is 0.328 e. The number of nitrogens with one attached hydrogen (secondary N) is 1. The third kappa shape index (κ3) is 3.08. The molecule has 1 atom stereocenters. The minimum Gasteiger partial charge on any atom is -0.469 e. The molecule has 0 aromatic rings. The van der Waals surface area contributed by atoms with Gasteiger partial charge in [-0.2, -0.15) is 0 Å². The maximum absolute atomic E-state index is 12.9. The van der Waals surface area contributed by atoms with Gasteiger partial charge in [-0.25, -0.2) is 4.79 Å². The van der Waals surface area contributed by atoms with Crippen molar-refractivity contribution in [3.8, 4) is 0 Å². The molecule has 1 N–H and O–H groups in total. The quantitative estimate of drug-likeness (QED) is 0.774. The first-order chi connectivity index (χ1) is 11.0. The largest absolute Gasteiger partial charge is 0.469 e. The van der Waals surface area contributed by atoms with Crippen LogP contribution in [0.5, 0.6) is 0 Å². The molecule has 0 radical (unpaired) electrons. The van der Waals surface area contributed by atoms with Crippen molar-refractivity contribution in [2.75, 3.05) is 14.2 Å². The van der Waals surface area contributed by atoms with E-state index in [1.54, 1.807) is 0 Å². The molecule has 23 heavy (non-hydrogen) atoms. The van der Waals surface area contributed by atoms with E-state index in [1.807, 2.05) is 0 Å². The summed E-state index contributed by atoms with van der Waals surface area (Å²) in [5.74, 6) is 0.702. The topological polar surface area (TPSA) is 81.7 Å². The molecule has 4 aliphatic rings. The Morgan fingerprint density at radius 1 is 1.00 bits per heavy atom. The first-order valence-electron chi connectivity index (χ1n) is 8.41. The van der Waals surface area contributed by atoms with Gasteiger partial charge >= 0.3 is 11.9 Å². The lowest BCUT2D eigenvalue weighted by atomic mass is 9.49. The Balaban J connectivity index is 1.71. The number of hydrogen-bond acceptors (Lipinski definition) is 5. The fourth-order valence-corrected chi connectivity index (χ4v) is 5.29. The van der Waals surface area contributed by atoms with E-state index >= 15 is 0 Å². The lowest BCUT2D eigenvalue weighted by Crippen LogP contribution is -2.56. The third-order valence-electron chi connectivity index (χ3n) is 5.91. The van der Waals surface area contributed by atoms with Crippen molar-refractivity contribution in [3.05, 3.63) is 0 Å². The Kier molecular flexibility index (Phi) is 4.34. The molecule has 128 valence electrons. The first-order valence-corrected chi connectivity index (χ1v) is 8.41. The predicted molar refractivity (Wildman–Crippen MR) is 81.2 cm³/mol. The highest BCUT2D eigenvalue weighted by molar-refractivity contribution is 5.90. The zero-order valence-electron chi connectivity index (χ0n) is 13.8. The number of rotatable bonds is 5. The predicted octanol–water partition coefficient (Wildman–Crippen LogP) is 1.42. The summed E-state index contributed by atoms with van der Waals surface area (Å²) in [6, 6.07) is -0.965. The van der Waals surface area contributed by atoms with Crippen molar-refractivity contribution in [2.24, 2.45) is 23.2 Å². The zero-order chi connectivity index (χ0) is 16.6. The maximum atomic E-state index is 12.9. The molecular weight excluding hydrogens is 298 g/mol. The molecule has 4 rings (SSSR count). The van der Waals surface area contributed by atoms with Gasteiger partial charge in [0.05, 0.1) is 20.6 Å². The highest BCUT2D eigenvalue weighted by atomic mass is 16.5. The van der Waals surface area contributed by atoms with Crippen LogP contribution in [0.3, 0.4) is 0 Å². The van der Waals surface area contributed by atoms with E-state index in [2.05, 4.69) is 10.1 Å². The van der Waals surface area contributed by atoms with Gasteiger partial charge in [0.25, 0.3) is 0 Å². The van der Waals surface area contributed by atoms with Crippen molar-refractivity contribution in [2.45, 2.75) is 51.0 Å². The van der Waals surface area contributed by atoms with Crippen molar-refractivity contribution in [3.63, 3.8) is 0 Å². The molecule has 0 aromatic carbocycles. The minimum atomic E-state index is -0.965. The van der Waals surface area contributed by atoms with E-state index in [9.17, 15) is 14.4 Å². The van der Waals surface area contributed by atoms with Gasteiger partial charge in [0.15, 0.2) is 0 Å². The summed E-state index contributed by atoms with van der Waals surface area (Å²) < 4.78 is 9.32. The number of carbonyl (C=O) groups excluding carboxylic acids is 3. The molecule has 0 aromatic heterocycles. The van der Waals surface area contributed by atoms with Crippen LogP contribution < -0.4 is 5.32 Å². The second kappa shape index (κ2) is 6.13. The van der Waals surface area contributed by atoms with Crippen LogP contribution in [0.15, 0.2) is 0 Å². The molecule has 4 aliphatic carbocycles. The summed E-state index contributed by atoms with van der Waals surface area (Å²) in [5, 5.41) is 2.78. The van der Waals surface area contributed by atoms with E-state index in [0.29, 0.717) is 17.8 Å². The van der Waals surface area contributed by atoms with Gasteiger partial charge in [-0.15, -0.1) is 0 Å². The molecule has 0 saturated heterocycles. The van der Waals surface area contributed by atoms with Crippen molar-refractivity contribution >= 4 is 17.8 Å². The van der Waals surface area contributed by atoms with Gasteiger partial charge in [0, 0.05) is 5.41 Å². The van der Waals surface area contributed by atoms with Crippen LogP contribution in [0.4, 0.5) is 0 Å². The van der Waals surface area contributed by atoms with Gasteiger partial charge in [-0.05, 0) is 56.3 Å². The maximum Gasteiger partial charge on any atom is 0.328 e. The van der Waals surface area contributed by atoms with Crippen LogP contribution in [0.2, 0.25) is 0 Å². The minimum absolute atomic E-state index is 0.0871. The van der Waals surface area contributed by atoms with E-state index in [1.165, 1.54) is 33.5 Å². The molecule has 1 amide bonds. The summed E-state index contributed by atoms with van der Waals surface area (Å²) in [6.07, 6.45) is 6.28. The second-order valence-corrected chi connectivity index (χ2v) is 7.53. The standard InChI is InChI=1S/C17H25NO5/c1-22-14(19)6-13(15(20)23-2)18-16(21)17-7-10-3-11(8-17)5-12(4-10)9-17/h10-13H,3-9H2,1-2H3,(H,18,21)/t10?,11?,12?,13-,17?/m0/s1. The summed E-state index contributed by atoms with van der Waals surface area (Å²) in [6.45, 7) is 0. The van der Waals surface area contributed by atoms with Gasteiger partial charge < -0.3 is 14.8 Å². The first kappa shape index (κ1) is 16.3. The molecule has 4 saturated carbocycles. The van der Waals surface area contributed by atoms with Crippen LogP contribution >= 0.6 is 0 Å². The fourth-order valence-electron chi connectivity index (χ4n) is 5.29. The molecule has 0 unspecified atom stereocenters. The van der Waals surface area contributed by atoms with E-state index in [4.69, 9.17) is 4.74 Å². The van der Waals surface area contributed by atoms with Crippen LogP contribution in [0, 0.1) is 23.2 Å². The van der Waals surface area contributed by atoms with Gasteiger partial charge in [-0.3, -0.25) is 9.59 Å². The van der Waals surface area contributed by atoms with Crippen LogP contribution in [0.1, 0.15) is 44.9 Å². The molecule has 6 heteroatoms. The zero-order valence-corrected chi connectivity index (χ0v) is 13.8. The Hall–Kier alpha value is -1.59. The van der Waals surface area contributed by atoms with E-state index in [0.717, 1.165) is 19.3 Å². The van der Waals surface area contributed by atoms with Crippen molar-refractivity contribution in [1.29, 1.82) is 0 Å². The summed E-state index contributed by atoms with van der Waals surface area (Å²) in [5.41, 5.74) is -0.350. The molecule has 0 aliphatic heterocycles. The molecule has 4 fully saturated rings. The van der Waals surface area contributed by atoms with Gasteiger partial charge in [0.2, 0.25) is 5.91 Å². The summed E-state index contributed by atoms with van der Waals surface area (Å²) in [4.78, 5) is 36.3. The number of amides is 1. The van der Waals surface area contributed by atoms with Crippen molar-refractivity contribution in [1.82, 2.24) is 5.32 Å². The monoisotopic (exact) mass is 323 g/mol. The third-order valence-corrected chi connectivity index (χ3v) is 5.91. The average Bonchev–Trinajstić information content (AvgIpc) is 2.51. The highest BCUT2D eigenvalue weighted by Crippen LogP contribution is 2.60. The fraction of sp³-hybridized carbons (Fsp3) is 0.824. The number of carbonyl (C=O) groups is 3. The molecule has 0 heterocycles. The summed E-state index contributed by atoms with van der Waals surface area (Å²) >= 11 is 0. The van der Waals surface area contributed by atoms with Crippen LogP contribution in [-0.4, -0.2) is 38.1 Å². The Morgan fingerprint density at radius 3 is 1.96 bits per heavy atom. The Morgan fingerprint density at radius 2 is 1.52 bits per heavy atom. The van der Waals surface area contributed by atoms with Gasteiger partial charge in [-0.1, -0.05) is 0 Å². The van der Waals surface area contributed by atoms with Gasteiger partial charge in [0.1, 0.15) is 6.04 Å². The lowest BCUT2D eigenvalue weighted by molar-refractivity contribution is -0.155. The average molecular weight is 323 g/mol. The SMILES string of the molecule is COC(=O)C[C@H](NC(=O)C12CC3CC(CC(C3)C1)C2)C(=O)OC. The highest BCUT2D eigenvalue weighted by Gasteiger charge is 2.55. The molecule has 4 bridgehead atoms. The second-order valence-electron chi connectivity index (χ2n) is 7.53. The Bertz CT molecular complexity index is 480. The molecule has 0 spiro atoms. The lowest BCUT2D eigenvalue weighted by Gasteiger charge is -2.55. The molecular formula is C17H25NO5. The van der Waals surface area contributed by atoms with E-state index < -0.39 is 18.0 Å². The molecule has 6 nitrogen and oxygen atoms in total. The number of esters is 2. The number of ether oxygens (including phenoxy) is 2. The van der Waals surface area contributed by atoms with Crippen LogP contribution in [-0.2, 0) is 23.9 Å².